The molecule has 0 unspecified atom stereocenters. The molecule has 76 valence electrons. The van der Waals surface area contributed by atoms with Crippen LogP contribution in [-0.2, 0) is 18.0 Å². The fraction of sp³-hybridized carbons (Fsp3) is 0.182. The van der Waals surface area contributed by atoms with Crippen LogP contribution in [0.3, 0.4) is 0 Å². The highest BCUT2D eigenvalue weighted by molar-refractivity contribution is 6.36. The lowest BCUT2D eigenvalue weighted by atomic mass is 10.1. The van der Waals surface area contributed by atoms with Gasteiger partial charge in [0.1, 0.15) is 5.15 Å². The van der Waals surface area contributed by atoms with Gasteiger partial charge in [-0.05, 0) is 11.6 Å². The third-order valence-corrected chi connectivity index (χ3v) is 3.25. The van der Waals surface area contributed by atoms with Gasteiger partial charge in [0.15, 0.2) is 0 Å². The summed E-state index contributed by atoms with van der Waals surface area (Å²) in [6.45, 7) is 1.14. The highest BCUT2D eigenvalue weighted by Gasteiger charge is 2.19. The highest BCUT2D eigenvalue weighted by Crippen LogP contribution is 2.34. The fourth-order valence-corrected chi connectivity index (χ4v) is 2.36. The van der Waals surface area contributed by atoms with Crippen molar-refractivity contribution in [1.29, 1.82) is 0 Å². The van der Waals surface area contributed by atoms with Crippen molar-refractivity contribution in [2.45, 2.75) is 13.2 Å². The van der Waals surface area contributed by atoms with Gasteiger partial charge in [0, 0.05) is 10.9 Å². The molecule has 0 bridgehead atoms. The van der Waals surface area contributed by atoms with E-state index < -0.39 is 0 Å². The Bertz CT molecular complexity index is 554. The van der Waals surface area contributed by atoms with Crippen molar-refractivity contribution < 1.29 is 4.74 Å². The van der Waals surface area contributed by atoms with E-state index in [0.717, 1.165) is 22.0 Å². The Kier molecular flexibility index (Phi) is 2.09. The smallest absolute Gasteiger partial charge is 0.135 e. The molecule has 15 heavy (non-hydrogen) atoms. The van der Waals surface area contributed by atoms with Gasteiger partial charge in [-0.3, -0.25) is 0 Å². The van der Waals surface area contributed by atoms with Crippen LogP contribution in [-0.4, -0.2) is 4.98 Å². The molecule has 1 aromatic heterocycles. The van der Waals surface area contributed by atoms with E-state index in [4.69, 9.17) is 27.9 Å². The first-order valence-electron chi connectivity index (χ1n) is 4.60. The number of fused-ring (bicyclic) bond motifs is 3. The predicted octanol–water partition coefficient (Wildman–Crippen LogP) is 3.57. The van der Waals surface area contributed by atoms with E-state index in [1.165, 1.54) is 0 Å². The van der Waals surface area contributed by atoms with Crippen molar-refractivity contribution in [2.24, 2.45) is 0 Å². The highest BCUT2D eigenvalue weighted by atomic mass is 35.5. The summed E-state index contributed by atoms with van der Waals surface area (Å²) in [6.07, 6.45) is 0. The molecule has 0 amide bonds. The molecule has 2 aromatic rings. The van der Waals surface area contributed by atoms with Crippen molar-refractivity contribution in [2.75, 3.05) is 0 Å². The lowest BCUT2D eigenvalue weighted by Crippen LogP contribution is -1.91. The second-order valence-electron chi connectivity index (χ2n) is 3.49. The standard InChI is InChI=1S/C11H7Cl2NO/c12-9-3-1-2-6-7-4-15-5-8(7)11(13)14-10(6)9/h1-3H,4-5H2. The Morgan fingerprint density at radius 2 is 1.93 bits per heavy atom. The molecule has 2 heterocycles. The number of nitrogens with zero attached hydrogens (tertiary/aromatic N) is 1. The topological polar surface area (TPSA) is 22.1 Å². The second-order valence-corrected chi connectivity index (χ2v) is 4.25. The first kappa shape index (κ1) is 9.40. The number of hydrogen-bond donors (Lipinski definition) is 0. The average Bonchev–Trinajstić information content (AvgIpc) is 2.69. The largest absolute Gasteiger partial charge is 0.372 e. The molecule has 0 saturated carbocycles. The number of ether oxygens (including phenoxy) is 1. The molecule has 1 aliphatic heterocycles. The second kappa shape index (κ2) is 3.34. The predicted molar refractivity (Wildman–Crippen MR) is 60.3 cm³/mol. The molecule has 1 aliphatic rings. The van der Waals surface area contributed by atoms with Gasteiger partial charge < -0.3 is 4.74 Å². The molecule has 1 aromatic carbocycles. The van der Waals surface area contributed by atoms with Gasteiger partial charge in [-0.15, -0.1) is 0 Å². The van der Waals surface area contributed by atoms with Crippen molar-refractivity contribution in [1.82, 2.24) is 4.98 Å². The zero-order chi connectivity index (χ0) is 10.4. The minimum Gasteiger partial charge on any atom is -0.372 e. The van der Waals surface area contributed by atoms with Gasteiger partial charge in [-0.25, -0.2) is 4.98 Å². The number of aromatic nitrogens is 1. The van der Waals surface area contributed by atoms with Crippen molar-refractivity contribution in [3.05, 3.63) is 39.5 Å². The first-order chi connectivity index (χ1) is 7.27. The molecule has 0 aliphatic carbocycles. The molecule has 0 atom stereocenters. The lowest BCUT2D eigenvalue weighted by Gasteiger charge is -2.06. The summed E-state index contributed by atoms with van der Waals surface area (Å²) in [4.78, 5) is 4.30. The maximum atomic E-state index is 6.07. The number of pyridine rings is 1. The number of benzene rings is 1. The molecular formula is C11H7Cl2NO. The molecule has 0 fully saturated rings. The maximum Gasteiger partial charge on any atom is 0.135 e. The number of halogens is 2. The lowest BCUT2D eigenvalue weighted by molar-refractivity contribution is 0.135. The van der Waals surface area contributed by atoms with Crippen LogP contribution in [0, 0.1) is 0 Å². The van der Waals surface area contributed by atoms with Gasteiger partial charge in [0.2, 0.25) is 0 Å². The monoisotopic (exact) mass is 239 g/mol. The van der Waals surface area contributed by atoms with Gasteiger partial charge in [-0.2, -0.15) is 0 Å². The Hall–Kier alpha value is -0.830. The van der Waals surface area contributed by atoms with Gasteiger partial charge in [0.05, 0.1) is 23.8 Å². The van der Waals surface area contributed by atoms with Crippen LogP contribution in [0.5, 0.6) is 0 Å². The third kappa shape index (κ3) is 1.33. The van der Waals surface area contributed by atoms with Crippen LogP contribution in [0.4, 0.5) is 0 Å². The summed E-state index contributed by atoms with van der Waals surface area (Å²) in [6, 6.07) is 5.73. The molecule has 0 radical (unpaired) electrons. The molecule has 2 nitrogen and oxygen atoms in total. The minimum atomic E-state index is 0.503. The van der Waals surface area contributed by atoms with E-state index in [-0.39, 0.29) is 0 Å². The SMILES string of the molecule is Clc1nc2c(Cl)cccc2c2c1COC2. The fourth-order valence-electron chi connectivity index (χ4n) is 1.89. The Morgan fingerprint density at radius 1 is 1.13 bits per heavy atom. The van der Waals surface area contributed by atoms with Crippen LogP contribution < -0.4 is 0 Å². The van der Waals surface area contributed by atoms with Crippen molar-refractivity contribution in [3.63, 3.8) is 0 Å². The van der Waals surface area contributed by atoms with Crippen LogP contribution >= 0.6 is 23.2 Å². The summed E-state index contributed by atoms with van der Waals surface area (Å²) in [5, 5.41) is 2.17. The Labute approximate surface area is 96.8 Å². The van der Waals surface area contributed by atoms with E-state index in [9.17, 15) is 0 Å². The normalized spacial score (nSPS) is 14.5. The third-order valence-electron chi connectivity index (χ3n) is 2.63. The number of hydrogen-bond acceptors (Lipinski definition) is 2. The van der Waals surface area contributed by atoms with E-state index in [0.29, 0.717) is 23.4 Å². The molecule has 0 N–H and O–H groups in total. The maximum absolute atomic E-state index is 6.07. The van der Waals surface area contributed by atoms with E-state index in [1.54, 1.807) is 0 Å². The van der Waals surface area contributed by atoms with Gasteiger partial charge in [0.25, 0.3) is 0 Å². The zero-order valence-corrected chi connectivity index (χ0v) is 9.27. The number of para-hydroxylation sites is 1. The summed E-state index contributed by atoms with van der Waals surface area (Å²) >= 11 is 12.1. The van der Waals surface area contributed by atoms with Crippen LogP contribution in [0.2, 0.25) is 10.2 Å². The zero-order valence-electron chi connectivity index (χ0n) is 7.76. The average molecular weight is 240 g/mol. The summed E-state index contributed by atoms with van der Waals surface area (Å²) < 4.78 is 5.38. The van der Waals surface area contributed by atoms with Gasteiger partial charge >= 0.3 is 0 Å². The van der Waals surface area contributed by atoms with Gasteiger partial charge in [-0.1, -0.05) is 35.3 Å². The summed E-state index contributed by atoms with van der Waals surface area (Å²) in [7, 11) is 0. The molecule has 3 rings (SSSR count). The minimum absolute atomic E-state index is 0.503. The molecule has 0 spiro atoms. The summed E-state index contributed by atoms with van der Waals surface area (Å²) in [5.74, 6) is 0. The van der Waals surface area contributed by atoms with Crippen molar-refractivity contribution >= 4 is 34.1 Å². The van der Waals surface area contributed by atoms with Crippen LogP contribution in [0.15, 0.2) is 18.2 Å². The van der Waals surface area contributed by atoms with Crippen LogP contribution in [0.1, 0.15) is 11.1 Å². The Balaban J connectivity index is 2.48. The number of rotatable bonds is 0. The summed E-state index contributed by atoms with van der Waals surface area (Å²) in [5.41, 5.74) is 2.87. The van der Waals surface area contributed by atoms with E-state index in [2.05, 4.69) is 4.98 Å². The van der Waals surface area contributed by atoms with Crippen LogP contribution in [0.25, 0.3) is 10.9 Å². The quantitative estimate of drug-likeness (QED) is 0.656. The Morgan fingerprint density at radius 3 is 2.80 bits per heavy atom. The van der Waals surface area contributed by atoms with E-state index in [1.807, 2.05) is 18.2 Å². The molecule has 4 heteroatoms. The first-order valence-corrected chi connectivity index (χ1v) is 5.36. The molecule has 0 saturated heterocycles. The van der Waals surface area contributed by atoms with Crippen molar-refractivity contribution in [3.8, 4) is 0 Å². The van der Waals surface area contributed by atoms with E-state index >= 15 is 0 Å². The molecular weight excluding hydrogens is 233 g/mol.